The molecule has 0 bridgehead atoms. The maximum atomic E-state index is 4.82. The van der Waals surface area contributed by atoms with Crippen molar-refractivity contribution in [1.82, 2.24) is 15.0 Å². The van der Waals surface area contributed by atoms with Gasteiger partial charge < -0.3 is 4.90 Å². The van der Waals surface area contributed by atoms with E-state index < -0.39 is 0 Å². The van der Waals surface area contributed by atoms with Crippen LogP contribution in [0, 0.1) is 6.92 Å². The van der Waals surface area contributed by atoms with Crippen LogP contribution in [0.15, 0.2) is 36.5 Å². The van der Waals surface area contributed by atoms with Gasteiger partial charge in [0.05, 0.1) is 17.8 Å². The maximum absolute atomic E-state index is 4.82. The Morgan fingerprint density at radius 2 is 2.00 bits per heavy atom. The van der Waals surface area contributed by atoms with Crippen molar-refractivity contribution in [2.75, 3.05) is 4.90 Å². The van der Waals surface area contributed by atoms with Gasteiger partial charge in [-0.05, 0) is 24.6 Å². The second-order valence-electron chi connectivity index (χ2n) is 5.78. The zero-order valence-corrected chi connectivity index (χ0v) is 12.9. The summed E-state index contributed by atoms with van der Waals surface area (Å²) >= 11 is 0. The van der Waals surface area contributed by atoms with E-state index in [0.717, 1.165) is 42.4 Å². The molecule has 4 nitrogen and oxygen atoms in total. The number of nitrogens with zero attached hydrogens (tertiary/aromatic N) is 4. The summed E-state index contributed by atoms with van der Waals surface area (Å²) in [6.07, 6.45) is 2.84. The highest BCUT2D eigenvalue weighted by atomic mass is 15.2. The van der Waals surface area contributed by atoms with E-state index in [-0.39, 0.29) is 0 Å². The molecule has 0 unspecified atom stereocenters. The van der Waals surface area contributed by atoms with Gasteiger partial charge in [0.1, 0.15) is 11.6 Å². The largest absolute Gasteiger partial charge is 0.346 e. The Labute approximate surface area is 129 Å². The van der Waals surface area contributed by atoms with Gasteiger partial charge in [-0.15, -0.1) is 0 Å². The van der Waals surface area contributed by atoms with Gasteiger partial charge >= 0.3 is 0 Å². The molecule has 0 N–H and O–H groups in total. The lowest BCUT2D eigenvalue weighted by molar-refractivity contribution is 0.844. The molecule has 0 fully saturated rings. The predicted octanol–water partition coefficient (Wildman–Crippen LogP) is 3.42. The molecule has 1 aliphatic rings. The Hall–Kier alpha value is -2.49. The predicted molar refractivity (Wildman–Crippen MR) is 87.8 cm³/mol. The average Bonchev–Trinajstić information content (AvgIpc) is 2.98. The zero-order chi connectivity index (χ0) is 15.1. The molecule has 0 saturated carbocycles. The summed E-state index contributed by atoms with van der Waals surface area (Å²) in [5.41, 5.74) is 4.66. The fourth-order valence-electron chi connectivity index (χ4n) is 3.02. The monoisotopic (exact) mass is 290 g/mol. The van der Waals surface area contributed by atoms with E-state index in [1.54, 1.807) is 0 Å². The first-order chi connectivity index (χ1) is 10.7. The Balaban J connectivity index is 1.72. The zero-order valence-electron chi connectivity index (χ0n) is 12.9. The molecular weight excluding hydrogens is 272 g/mol. The van der Waals surface area contributed by atoms with Gasteiger partial charge in [-0.3, -0.25) is 0 Å². The number of rotatable bonds is 2. The average molecular weight is 290 g/mol. The van der Waals surface area contributed by atoms with Gasteiger partial charge in [0.2, 0.25) is 0 Å². The minimum atomic E-state index is 0.815. The molecule has 3 aromatic rings. The van der Waals surface area contributed by atoms with E-state index in [1.807, 2.05) is 12.3 Å². The molecule has 2 aromatic heterocycles. The van der Waals surface area contributed by atoms with Crippen LogP contribution in [0.5, 0.6) is 0 Å². The van der Waals surface area contributed by atoms with E-state index in [4.69, 9.17) is 4.98 Å². The Morgan fingerprint density at radius 1 is 1.14 bits per heavy atom. The van der Waals surface area contributed by atoms with Crippen LogP contribution in [0.3, 0.4) is 0 Å². The molecule has 4 heteroatoms. The summed E-state index contributed by atoms with van der Waals surface area (Å²) in [5.74, 6) is 1.94. The number of hydrogen-bond donors (Lipinski definition) is 0. The smallest absolute Gasteiger partial charge is 0.130 e. The summed E-state index contributed by atoms with van der Waals surface area (Å²) in [6, 6.07) is 10.5. The van der Waals surface area contributed by atoms with Crippen molar-refractivity contribution in [3.8, 4) is 0 Å². The van der Waals surface area contributed by atoms with Gasteiger partial charge in [-0.1, -0.05) is 25.1 Å². The molecule has 1 aliphatic heterocycles. The molecule has 0 amide bonds. The highest BCUT2D eigenvalue weighted by molar-refractivity contribution is 5.83. The molecule has 4 rings (SSSR count). The highest BCUT2D eigenvalue weighted by Crippen LogP contribution is 2.28. The van der Waals surface area contributed by atoms with E-state index in [0.29, 0.717) is 0 Å². The summed E-state index contributed by atoms with van der Waals surface area (Å²) < 4.78 is 0. The van der Waals surface area contributed by atoms with Crippen molar-refractivity contribution in [1.29, 1.82) is 0 Å². The van der Waals surface area contributed by atoms with Gasteiger partial charge in [0.15, 0.2) is 0 Å². The SMILES string of the molecule is CCc1ncc2c(n1)CN(c1cc(C)c3ccccc3n1)C2. The van der Waals surface area contributed by atoms with Crippen LogP contribution >= 0.6 is 0 Å². The Morgan fingerprint density at radius 3 is 2.86 bits per heavy atom. The molecule has 0 spiro atoms. The van der Waals surface area contributed by atoms with Crippen molar-refractivity contribution in [3.05, 3.63) is 59.2 Å². The molecule has 110 valence electrons. The van der Waals surface area contributed by atoms with Crippen LogP contribution in [0.1, 0.15) is 29.6 Å². The van der Waals surface area contributed by atoms with Crippen LogP contribution in [0.25, 0.3) is 10.9 Å². The molecule has 0 aliphatic carbocycles. The Bertz CT molecular complexity index is 857. The first-order valence-electron chi connectivity index (χ1n) is 7.69. The third kappa shape index (κ3) is 2.11. The third-order valence-electron chi connectivity index (χ3n) is 4.26. The number of hydrogen-bond acceptors (Lipinski definition) is 4. The molecular formula is C18H18N4. The van der Waals surface area contributed by atoms with Gasteiger partial charge in [-0.25, -0.2) is 15.0 Å². The number of anilines is 1. The first-order valence-corrected chi connectivity index (χ1v) is 7.69. The van der Waals surface area contributed by atoms with E-state index >= 15 is 0 Å². The molecule has 3 heterocycles. The summed E-state index contributed by atoms with van der Waals surface area (Å²) in [6.45, 7) is 5.88. The van der Waals surface area contributed by atoms with Gasteiger partial charge in [0, 0.05) is 30.1 Å². The summed E-state index contributed by atoms with van der Waals surface area (Å²) in [4.78, 5) is 16.2. The van der Waals surface area contributed by atoms with Crippen LogP contribution in [-0.2, 0) is 19.5 Å². The first kappa shape index (κ1) is 13.2. The standard InChI is InChI=1S/C18H18N4/c1-3-17-19-9-13-10-22(11-16(13)20-17)18-8-12(2)14-6-4-5-7-15(14)21-18/h4-9H,3,10-11H2,1-2H3. The van der Waals surface area contributed by atoms with Gasteiger partial charge in [-0.2, -0.15) is 0 Å². The van der Waals surface area contributed by atoms with Crippen LogP contribution in [-0.4, -0.2) is 15.0 Å². The summed E-state index contributed by atoms with van der Waals surface area (Å²) in [5, 5.41) is 1.22. The molecule has 0 radical (unpaired) electrons. The second kappa shape index (κ2) is 5.05. The lowest BCUT2D eigenvalue weighted by Gasteiger charge is -2.17. The number of pyridine rings is 1. The molecule has 0 saturated heterocycles. The molecule has 0 atom stereocenters. The number of aryl methyl sites for hydroxylation is 2. The van der Waals surface area contributed by atoms with Crippen LogP contribution < -0.4 is 4.90 Å². The van der Waals surface area contributed by atoms with Crippen LogP contribution in [0.4, 0.5) is 5.82 Å². The number of benzene rings is 1. The van der Waals surface area contributed by atoms with Crippen molar-refractivity contribution >= 4 is 16.7 Å². The quantitative estimate of drug-likeness (QED) is 0.725. The van der Waals surface area contributed by atoms with Crippen molar-refractivity contribution in [2.24, 2.45) is 0 Å². The number of fused-ring (bicyclic) bond motifs is 2. The lowest BCUT2D eigenvalue weighted by Crippen LogP contribution is -2.16. The highest BCUT2D eigenvalue weighted by Gasteiger charge is 2.22. The van der Waals surface area contributed by atoms with E-state index in [1.165, 1.54) is 16.5 Å². The Kier molecular flexibility index (Phi) is 3.03. The van der Waals surface area contributed by atoms with Crippen molar-refractivity contribution in [3.63, 3.8) is 0 Å². The van der Waals surface area contributed by atoms with Gasteiger partial charge in [0.25, 0.3) is 0 Å². The third-order valence-corrected chi connectivity index (χ3v) is 4.26. The van der Waals surface area contributed by atoms with Crippen molar-refractivity contribution < 1.29 is 0 Å². The van der Waals surface area contributed by atoms with Crippen molar-refractivity contribution in [2.45, 2.75) is 33.4 Å². The number of aromatic nitrogens is 3. The van der Waals surface area contributed by atoms with E-state index in [9.17, 15) is 0 Å². The molecule has 22 heavy (non-hydrogen) atoms. The topological polar surface area (TPSA) is 41.9 Å². The minimum absolute atomic E-state index is 0.815. The number of para-hydroxylation sites is 1. The summed E-state index contributed by atoms with van der Waals surface area (Å²) in [7, 11) is 0. The normalized spacial score (nSPS) is 13.6. The molecule has 1 aromatic carbocycles. The fourth-order valence-corrected chi connectivity index (χ4v) is 3.02. The maximum Gasteiger partial charge on any atom is 0.130 e. The van der Waals surface area contributed by atoms with E-state index in [2.05, 4.69) is 53.0 Å². The lowest BCUT2D eigenvalue weighted by atomic mass is 10.1. The fraction of sp³-hybridized carbons (Fsp3) is 0.278. The van der Waals surface area contributed by atoms with Crippen LogP contribution in [0.2, 0.25) is 0 Å². The minimum Gasteiger partial charge on any atom is -0.346 e. The second-order valence-corrected chi connectivity index (χ2v) is 5.78.